The van der Waals surface area contributed by atoms with Crippen molar-refractivity contribution in [2.24, 2.45) is 0 Å². The van der Waals surface area contributed by atoms with E-state index in [1.807, 2.05) is 44.2 Å². The van der Waals surface area contributed by atoms with Crippen LogP contribution in [0.5, 0.6) is 0 Å². The second-order valence-electron chi connectivity index (χ2n) is 6.03. The van der Waals surface area contributed by atoms with E-state index in [0.717, 1.165) is 44.8 Å². The first-order valence-corrected chi connectivity index (χ1v) is 7.24. The molecule has 0 atom stereocenters. The second-order valence-corrected chi connectivity index (χ2v) is 6.03. The van der Waals surface area contributed by atoms with E-state index in [1.54, 1.807) is 0 Å². The van der Waals surface area contributed by atoms with Gasteiger partial charge in [0.05, 0.1) is 12.1 Å². The number of hydrogen-bond acceptors (Lipinski definition) is 3. The van der Waals surface area contributed by atoms with E-state index in [9.17, 15) is 5.11 Å². The molecule has 1 aliphatic heterocycles. The van der Waals surface area contributed by atoms with Crippen molar-refractivity contribution in [1.82, 2.24) is 9.80 Å². The minimum absolute atomic E-state index is 0.602. The SMILES string of the molecule is CC(C)(O)CN1CCN(CC#Cc2ccccc2)CC1. The Balaban J connectivity index is 1.74. The minimum atomic E-state index is -0.602. The van der Waals surface area contributed by atoms with Gasteiger partial charge in [-0.05, 0) is 26.0 Å². The van der Waals surface area contributed by atoms with E-state index in [1.165, 1.54) is 0 Å². The van der Waals surface area contributed by atoms with Gasteiger partial charge in [0.25, 0.3) is 0 Å². The van der Waals surface area contributed by atoms with Crippen molar-refractivity contribution >= 4 is 0 Å². The molecule has 1 N–H and O–H groups in total. The summed E-state index contributed by atoms with van der Waals surface area (Å²) in [5.74, 6) is 6.44. The standard InChI is InChI=1S/C17H24N2O/c1-17(2,20)15-19-13-11-18(12-14-19)10-6-9-16-7-4-3-5-8-16/h3-5,7-8,20H,10-15H2,1-2H3. The maximum absolute atomic E-state index is 9.83. The van der Waals surface area contributed by atoms with Crippen molar-refractivity contribution in [3.63, 3.8) is 0 Å². The third kappa shape index (κ3) is 5.34. The van der Waals surface area contributed by atoms with Crippen molar-refractivity contribution < 1.29 is 5.11 Å². The number of benzene rings is 1. The molecule has 3 heteroatoms. The van der Waals surface area contributed by atoms with Crippen LogP contribution in [0.2, 0.25) is 0 Å². The van der Waals surface area contributed by atoms with Gasteiger partial charge in [0.15, 0.2) is 0 Å². The molecule has 0 unspecified atom stereocenters. The number of hydrogen-bond donors (Lipinski definition) is 1. The van der Waals surface area contributed by atoms with Gasteiger partial charge in [0.2, 0.25) is 0 Å². The number of piperazine rings is 1. The van der Waals surface area contributed by atoms with E-state index >= 15 is 0 Å². The summed E-state index contributed by atoms with van der Waals surface area (Å²) in [4.78, 5) is 4.69. The highest BCUT2D eigenvalue weighted by Gasteiger charge is 2.22. The molecule has 108 valence electrons. The van der Waals surface area contributed by atoms with Gasteiger partial charge in [-0.15, -0.1) is 0 Å². The molecule has 3 nitrogen and oxygen atoms in total. The molecule has 1 fully saturated rings. The molecule has 0 aromatic heterocycles. The van der Waals surface area contributed by atoms with E-state index in [2.05, 4.69) is 21.6 Å². The van der Waals surface area contributed by atoms with Crippen LogP contribution in [0.25, 0.3) is 0 Å². The summed E-state index contributed by atoms with van der Waals surface area (Å²) in [7, 11) is 0. The van der Waals surface area contributed by atoms with Crippen LogP contribution in [0.3, 0.4) is 0 Å². The van der Waals surface area contributed by atoms with Crippen molar-refractivity contribution in [2.75, 3.05) is 39.3 Å². The lowest BCUT2D eigenvalue weighted by atomic mass is 10.1. The molecule has 1 aromatic rings. The Morgan fingerprint density at radius 3 is 2.25 bits per heavy atom. The lowest BCUT2D eigenvalue weighted by molar-refractivity contribution is 0.0195. The molecule has 0 bridgehead atoms. The zero-order valence-electron chi connectivity index (χ0n) is 12.5. The third-order valence-corrected chi connectivity index (χ3v) is 3.38. The maximum Gasteiger partial charge on any atom is 0.0718 e. The fraction of sp³-hybridized carbons (Fsp3) is 0.529. The molecule has 0 radical (unpaired) electrons. The highest BCUT2D eigenvalue weighted by molar-refractivity contribution is 5.33. The summed E-state index contributed by atoms with van der Waals surface area (Å²) in [5.41, 5.74) is 0.475. The van der Waals surface area contributed by atoms with E-state index < -0.39 is 5.60 Å². The predicted octanol–water partition coefficient (Wildman–Crippen LogP) is 1.43. The largest absolute Gasteiger partial charge is 0.389 e. The maximum atomic E-state index is 9.83. The second kappa shape index (κ2) is 6.90. The van der Waals surface area contributed by atoms with E-state index in [4.69, 9.17) is 0 Å². The van der Waals surface area contributed by atoms with Gasteiger partial charge < -0.3 is 5.11 Å². The summed E-state index contributed by atoms with van der Waals surface area (Å²) in [6.07, 6.45) is 0. The lowest BCUT2D eigenvalue weighted by Crippen LogP contribution is -2.50. The molecule has 1 aliphatic rings. The molecule has 1 aromatic carbocycles. The van der Waals surface area contributed by atoms with Gasteiger partial charge in [-0.2, -0.15) is 0 Å². The summed E-state index contributed by atoms with van der Waals surface area (Å²) >= 11 is 0. The van der Waals surface area contributed by atoms with Crippen LogP contribution in [0.15, 0.2) is 30.3 Å². The van der Waals surface area contributed by atoms with Crippen molar-refractivity contribution in [1.29, 1.82) is 0 Å². The quantitative estimate of drug-likeness (QED) is 0.843. The van der Waals surface area contributed by atoms with Crippen LogP contribution in [0.4, 0.5) is 0 Å². The Bertz CT molecular complexity index is 459. The minimum Gasteiger partial charge on any atom is -0.389 e. The molecule has 1 heterocycles. The normalized spacial score (nSPS) is 17.6. The van der Waals surface area contributed by atoms with E-state index in [-0.39, 0.29) is 0 Å². The molecule has 0 amide bonds. The van der Waals surface area contributed by atoms with E-state index in [0.29, 0.717) is 0 Å². The monoisotopic (exact) mass is 272 g/mol. The van der Waals surface area contributed by atoms with Crippen LogP contribution >= 0.6 is 0 Å². The summed E-state index contributed by atoms with van der Waals surface area (Å²) < 4.78 is 0. The van der Waals surface area contributed by atoms with Gasteiger partial charge in [-0.3, -0.25) is 9.80 Å². The zero-order valence-corrected chi connectivity index (χ0v) is 12.5. The molecule has 20 heavy (non-hydrogen) atoms. The van der Waals surface area contributed by atoms with Gasteiger partial charge in [-0.1, -0.05) is 30.0 Å². The topological polar surface area (TPSA) is 26.7 Å². The van der Waals surface area contributed by atoms with Crippen molar-refractivity contribution in [2.45, 2.75) is 19.4 Å². The number of nitrogens with zero attached hydrogens (tertiary/aromatic N) is 2. The fourth-order valence-electron chi connectivity index (χ4n) is 2.43. The van der Waals surface area contributed by atoms with Gasteiger partial charge in [0.1, 0.15) is 0 Å². The van der Waals surface area contributed by atoms with Crippen LogP contribution in [-0.4, -0.2) is 59.8 Å². The highest BCUT2D eigenvalue weighted by Crippen LogP contribution is 2.08. The average molecular weight is 272 g/mol. The highest BCUT2D eigenvalue weighted by atomic mass is 16.3. The van der Waals surface area contributed by atoms with Crippen LogP contribution in [0, 0.1) is 11.8 Å². The first-order chi connectivity index (χ1) is 9.53. The lowest BCUT2D eigenvalue weighted by Gasteiger charge is -2.36. The van der Waals surface area contributed by atoms with Gasteiger partial charge in [-0.25, -0.2) is 0 Å². The van der Waals surface area contributed by atoms with Crippen molar-refractivity contribution in [3.8, 4) is 11.8 Å². The van der Waals surface area contributed by atoms with Crippen LogP contribution in [0.1, 0.15) is 19.4 Å². The molecule has 0 saturated carbocycles. The fourth-order valence-corrected chi connectivity index (χ4v) is 2.43. The Labute approximate surface area is 122 Å². The molecular formula is C17H24N2O. The Kier molecular flexibility index (Phi) is 5.19. The van der Waals surface area contributed by atoms with Gasteiger partial charge in [0, 0.05) is 38.3 Å². The number of β-amino-alcohol motifs (C(OH)–C–C–N with tert-alkyl or cyclic N) is 1. The molecular weight excluding hydrogens is 248 g/mol. The predicted molar refractivity (Wildman–Crippen MR) is 82.5 cm³/mol. The Morgan fingerprint density at radius 2 is 1.65 bits per heavy atom. The van der Waals surface area contributed by atoms with Gasteiger partial charge >= 0.3 is 0 Å². The Hall–Kier alpha value is -1.34. The zero-order chi connectivity index (χ0) is 14.4. The molecule has 1 saturated heterocycles. The molecule has 0 aliphatic carbocycles. The summed E-state index contributed by atoms with van der Waals surface area (Å²) in [5, 5.41) is 9.83. The first-order valence-electron chi connectivity index (χ1n) is 7.24. The molecule has 2 rings (SSSR count). The number of rotatable bonds is 3. The third-order valence-electron chi connectivity index (χ3n) is 3.38. The molecule has 0 spiro atoms. The number of aliphatic hydroxyl groups is 1. The summed E-state index contributed by atoms with van der Waals surface area (Å²) in [6, 6.07) is 10.1. The average Bonchev–Trinajstić information content (AvgIpc) is 2.40. The van der Waals surface area contributed by atoms with Crippen LogP contribution < -0.4 is 0 Å². The van der Waals surface area contributed by atoms with Crippen molar-refractivity contribution in [3.05, 3.63) is 35.9 Å². The first kappa shape index (κ1) is 15.1. The summed E-state index contributed by atoms with van der Waals surface area (Å²) in [6.45, 7) is 9.38. The smallest absolute Gasteiger partial charge is 0.0718 e. The Morgan fingerprint density at radius 1 is 1.05 bits per heavy atom. The van der Waals surface area contributed by atoms with Crippen LogP contribution in [-0.2, 0) is 0 Å².